The number of hydrazine groups is 1. The number of benzene rings is 1. The van der Waals surface area contributed by atoms with E-state index in [2.05, 4.69) is 4.72 Å². The van der Waals surface area contributed by atoms with Crippen LogP contribution >= 0.6 is 0 Å². The Balaban J connectivity index is 2.18. The van der Waals surface area contributed by atoms with E-state index in [4.69, 9.17) is 10.3 Å². The number of nitrogen functional groups attached to an aromatic ring is 1. The SMILES string of the molecule is NNC(=O)c1cccc(S(=O)(=O)NCc2ccco2)c1. The number of nitrogens with two attached hydrogens (primary N) is 1. The summed E-state index contributed by atoms with van der Waals surface area (Å²) in [4.78, 5) is 11.3. The highest BCUT2D eigenvalue weighted by Gasteiger charge is 2.16. The van der Waals surface area contributed by atoms with Crippen LogP contribution in [0.15, 0.2) is 52.0 Å². The lowest BCUT2D eigenvalue weighted by atomic mass is 10.2. The molecule has 1 amide bonds. The maximum atomic E-state index is 12.1. The van der Waals surface area contributed by atoms with Gasteiger partial charge in [-0.1, -0.05) is 6.07 Å². The van der Waals surface area contributed by atoms with Crippen LogP contribution in [0.1, 0.15) is 16.1 Å². The number of carbonyl (C=O) groups excluding carboxylic acids is 1. The van der Waals surface area contributed by atoms with Crippen LogP contribution in [0.4, 0.5) is 0 Å². The van der Waals surface area contributed by atoms with E-state index >= 15 is 0 Å². The topological polar surface area (TPSA) is 114 Å². The third kappa shape index (κ3) is 3.23. The van der Waals surface area contributed by atoms with Crippen molar-refractivity contribution in [1.82, 2.24) is 10.1 Å². The molecule has 0 atom stereocenters. The number of rotatable bonds is 5. The molecule has 4 N–H and O–H groups in total. The highest BCUT2D eigenvalue weighted by molar-refractivity contribution is 7.89. The highest BCUT2D eigenvalue weighted by atomic mass is 32.2. The molecule has 1 aromatic heterocycles. The van der Waals surface area contributed by atoms with E-state index in [-0.39, 0.29) is 17.0 Å². The monoisotopic (exact) mass is 295 g/mol. The Hall–Kier alpha value is -2.16. The van der Waals surface area contributed by atoms with Gasteiger partial charge in [0.15, 0.2) is 0 Å². The lowest BCUT2D eigenvalue weighted by Gasteiger charge is -2.07. The summed E-state index contributed by atoms with van der Waals surface area (Å²) in [6, 6.07) is 8.88. The Bertz CT molecular complexity index is 695. The van der Waals surface area contributed by atoms with E-state index in [1.54, 1.807) is 12.1 Å². The Morgan fingerprint density at radius 1 is 1.25 bits per heavy atom. The van der Waals surface area contributed by atoms with Crippen LogP contribution in [0.3, 0.4) is 0 Å². The van der Waals surface area contributed by atoms with Gasteiger partial charge >= 0.3 is 0 Å². The first-order valence-electron chi connectivity index (χ1n) is 5.66. The quantitative estimate of drug-likeness (QED) is 0.418. The van der Waals surface area contributed by atoms with Crippen molar-refractivity contribution < 1.29 is 17.6 Å². The summed E-state index contributed by atoms with van der Waals surface area (Å²) in [7, 11) is -3.73. The van der Waals surface area contributed by atoms with Gasteiger partial charge in [-0.3, -0.25) is 10.2 Å². The summed E-state index contributed by atoms with van der Waals surface area (Å²) < 4.78 is 31.6. The molecule has 0 bridgehead atoms. The number of furan rings is 1. The van der Waals surface area contributed by atoms with Crippen molar-refractivity contribution in [2.75, 3.05) is 0 Å². The zero-order valence-electron chi connectivity index (χ0n) is 10.4. The van der Waals surface area contributed by atoms with E-state index in [1.807, 2.05) is 5.43 Å². The van der Waals surface area contributed by atoms with Gasteiger partial charge in [0, 0.05) is 5.56 Å². The van der Waals surface area contributed by atoms with Gasteiger partial charge in [0.05, 0.1) is 17.7 Å². The normalized spacial score (nSPS) is 11.2. The standard InChI is InChI=1S/C12H13N3O4S/c13-15-12(16)9-3-1-5-11(7-9)20(17,18)14-8-10-4-2-6-19-10/h1-7,14H,8,13H2,(H,15,16). The maximum absolute atomic E-state index is 12.1. The minimum atomic E-state index is -3.73. The van der Waals surface area contributed by atoms with Gasteiger partial charge in [0.2, 0.25) is 10.0 Å². The fourth-order valence-electron chi connectivity index (χ4n) is 1.55. The fourth-order valence-corrected chi connectivity index (χ4v) is 2.59. The number of sulfonamides is 1. The summed E-state index contributed by atoms with van der Waals surface area (Å²) in [5.74, 6) is 4.94. The second-order valence-corrected chi connectivity index (χ2v) is 5.67. The molecule has 1 aromatic carbocycles. The minimum Gasteiger partial charge on any atom is -0.468 e. The molecule has 0 aliphatic carbocycles. The molecule has 0 aliphatic heterocycles. The largest absolute Gasteiger partial charge is 0.468 e. The number of hydrogen-bond donors (Lipinski definition) is 3. The van der Waals surface area contributed by atoms with Crippen LogP contribution in [0.2, 0.25) is 0 Å². The molecule has 0 saturated heterocycles. The van der Waals surface area contributed by atoms with E-state index in [1.165, 1.54) is 30.5 Å². The van der Waals surface area contributed by atoms with Crippen LogP contribution in [0.5, 0.6) is 0 Å². The molecule has 0 saturated carbocycles. The molecular weight excluding hydrogens is 282 g/mol. The van der Waals surface area contributed by atoms with E-state index < -0.39 is 15.9 Å². The van der Waals surface area contributed by atoms with Crippen LogP contribution in [0, 0.1) is 0 Å². The molecule has 0 spiro atoms. The number of nitrogens with one attached hydrogen (secondary N) is 2. The molecule has 7 nitrogen and oxygen atoms in total. The van der Waals surface area contributed by atoms with Gasteiger partial charge in [-0.2, -0.15) is 0 Å². The van der Waals surface area contributed by atoms with Gasteiger partial charge in [-0.05, 0) is 30.3 Å². The van der Waals surface area contributed by atoms with Crippen molar-refractivity contribution in [2.24, 2.45) is 5.84 Å². The molecule has 20 heavy (non-hydrogen) atoms. The van der Waals surface area contributed by atoms with Crippen molar-refractivity contribution in [3.05, 3.63) is 54.0 Å². The summed E-state index contributed by atoms with van der Waals surface area (Å²) in [6.45, 7) is 0.0304. The Morgan fingerprint density at radius 3 is 2.70 bits per heavy atom. The summed E-state index contributed by atoms with van der Waals surface area (Å²) in [5, 5.41) is 0. The summed E-state index contributed by atoms with van der Waals surface area (Å²) in [5.41, 5.74) is 2.11. The van der Waals surface area contributed by atoms with E-state index in [0.717, 1.165) is 0 Å². The molecule has 0 unspecified atom stereocenters. The molecule has 2 aromatic rings. The third-order valence-corrected chi connectivity index (χ3v) is 3.95. The lowest BCUT2D eigenvalue weighted by molar-refractivity contribution is 0.0953. The second-order valence-electron chi connectivity index (χ2n) is 3.91. The van der Waals surface area contributed by atoms with Crippen LogP contribution in [-0.2, 0) is 16.6 Å². The van der Waals surface area contributed by atoms with E-state index in [9.17, 15) is 13.2 Å². The molecule has 1 heterocycles. The van der Waals surface area contributed by atoms with Crippen molar-refractivity contribution in [2.45, 2.75) is 11.4 Å². The first-order valence-corrected chi connectivity index (χ1v) is 7.14. The van der Waals surface area contributed by atoms with Crippen LogP contribution in [-0.4, -0.2) is 14.3 Å². The first-order chi connectivity index (χ1) is 9.53. The van der Waals surface area contributed by atoms with Gasteiger partial charge in [0.25, 0.3) is 5.91 Å². The van der Waals surface area contributed by atoms with E-state index in [0.29, 0.717) is 5.76 Å². The first kappa shape index (κ1) is 14.3. The lowest BCUT2D eigenvalue weighted by Crippen LogP contribution is -2.30. The van der Waals surface area contributed by atoms with Gasteiger partial charge < -0.3 is 4.42 Å². The molecule has 0 fully saturated rings. The van der Waals surface area contributed by atoms with Crippen LogP contribution in [0.25, 0.3) is 0 Å². The van der Waals surface area contributed by atoms with Crippen molar-refractivity contribution in [3.8, 4) is 0 Å². The zero-order valence-corrected chi connectivity index (χ0v) is 11.2. The molecule has 106 valence electrons. The Morgan fingerprint density at radius 2 is 2.05 bits per heavy atom. The molecule has 8 heteroatoms. The smallest absolute Gasteiger partial charge is 0.265 e. The van der Waals surface area contributed by atoms with Gasteiger partial charge in [-0.25, -0.2) is 19.0 Å². The van der Waals surface area contributed by atoms with Crippen molar-refractivity contribution in [3.63, 3.8) is 0 Å². The fraction of sp³-hybridized carbons (Fsp3) is 0.0833. The van der Waals surface area contributed by atoms with Crippen LogP contribution < -0.4 is 16.0 Å². The number of carbonyl (C=O) groups is 1. The van der Waals surface area contributed by atoms with Gasteiger partial charge in [-0.15, -0.1) is 0 Å². The molecule has 0 radical (unpaired) electrons. The summed E-state index contributed by atoms with van der Waals surface area (Å²) in [6.07, 6.45) is 1.45. The van der Waals surface area contributed by atoms with Crippen molar-refractivity contribution in [1.29, 1.82) is 0 Å². The predicted octanol–water partition coefficient (Wildman–Crippen LogP) is 0.362. The Labute approximate surface area is 115 Å². The van der Waals surface area contributed by atoms with Crippen molar-refractivity contribution >= 4 is 15.9 Å². The number of amides is 1. The third-order valence-electron chi connectivity index (χ3n) is 2.55. The molecule has 2 rings (SSSR count). The Kier molecular flexibility index (Phi) is 4.18. The second kappa shape index (κ2) is 5.87. The average Bonchev–Trinajstić information content (AvgIpc) is 2.98. The average molecular weight is 295 g/mol. The maximum Gasteiger partial charge on any atom is 0.265 e. The van der Waals surface area contributed by atoms with Gasteiger partial charge in [0.1, 0.15) is 5.76 Å². The minimum absolute atomic E-state index is 0.0230. The summed E-state index contributed by atoms with van der Waals surface area (Å²) >= 11 is 0. The number of hydrogen-bond acceptors (Lipinski definition) is 5. The predicted molar refractivity (Wildman–Crippen MR) is 70.8 cm³/mol. The molecule has 0 aliphatic rings. The zero-order chi connectivity index (χ0) is 14.6. The molecular formula is C12H13N3O4S. The highest BCUT2D eigenvalue weighted by Crippen LogP contribution is 2.12.